The number of carbonyl (C=O) groups is 1. The van der Waals surface area contributed by atoms with Crippen LogP contribution in [0.3, 0.4) is 0 Å². The molecule has 0 saturated heterocycles. The van der Waals surface area contributed by atoms with Crippen LogP contribution in [0.5, 0.6) is 0 Å². The lowest BCUT2D eigenvalue weighted by atomic mass is 9.87. The van der Waals surface area contributed by atoms with Crippen LogP contribution in [-0.4, -0.2) is 32.1 Å². The molecular formula is C28H28BrN5OS. The van der Waals surface area contributed by atoms with E-state index in [2.05, 4.69) is 81.7 Å². The second-order valence-electron chi connectivity index (χ2n) is 9.33. The average molecular weight is 563 g/mol. The predicted octanol–water partition coefficient (Wildman–Crippen LogP) is 6.63. The Hall–Kier alpha value is -3.23. The summed E-state index contributed by atoms with van der Waals surface area (Å²) in [5.41, 5.74) is 7.53. The van der Waals surface area contributed by atoms with Crippen molar-refractivity contribution in [2.24, 2.45) is 5.10 Å². The highest BCUT2D eigenvalue weighted by atomic mass is 79.9. The molecule has 0 unspecified atom stereocenters. The zero-order chi connectivity index (χ0) is 25.7. The number of hydrazone groups is 1. The number of aromatic nitrogens is 3. The predicted molar refractivity (Wildman–Crippen MR) is 151 cm³/mol. The first-order valence-corrected chi connectivity index (χ1v) is 13.3. The Kier molecular flexibility index (Phi) is 8.06. The molecule has 3 aromatic carbocycles. The lowest BCUT2D eigenvalue weighted by Crippen LogP contribution is -2.21. The first-order valence-electron chi connectivity index (χ1n) is 11.6. The second-order valence-corrected chi connectivity index (χ2v) is 11.2. The van der Waals surface area contributed by atoms with Crippen molar-refractivity contribution in [3.8, 4) is 17.1 Å². The van der Waals surface area contributed by atoms with Gasteiger partial charge >= 0.3 is 0 Å². The number of benzene rings is 3. The van der Waals surface area contributed by atoms with Gasteiger partial charge in [-0.15, -0.1) is 10.2 Å². The molecule has 0 aliphatic rings. The molecule has 1 amide bonds. The number of hydrogen-bond donors (Lipinski definition) is 1. The van der Waals surface area contributed by atoms with Gasteiger partial charge in [0, 0.05) is 15.7 Å². The summed E-state index contributed by atoms with van der Waals surface area (Å²) in [6.45, 7) is 8.44. The highest BCUT2D eigenvalue weighted by molar-refractivity contribution is 9.10. The smallest absolute Gasteiger partial charge is 0.250 e. The molecule has 0 spiro atoms. The number of amides is 1. The van der Waals surface area contributed by atoms with Crippen molar-refractivity contribution in [3.05, 3.63) is 94.5 Å². The number of para-hydroxylation sites is 1. The van der Waals surface area contributed by atoms with Crippen molar-refractivity contribution in [1.82, 2.24) is 20.2 Å². The summed E-state index contributed by atoms with van der Waals surface area (Å²) in [6.07, 6.45) is 0. The second kappa shape index (κ2) is 11.2. The van der Waals surface area contributed by atoms with Gasteiger partial charge in [0.15, 0.2) is 11.0 Å². The molecule has 0 atom stereocenters. The Labute approximate surface area is 224 Å². The first-order chi connectivity index (χ1) is 17.2. The molecule has 0 aliphatic carbocycles. The molecule has 0 radical (unpaired) electrons. The van der Waals surface area contributed by atoms with Crippen LogP contribution in [0.25, 0.3) is 17.1 Å². The van der Waals surface area contributed by atoms with Crippen LogP contribution in [0.15, 0.2) is 93.6 Å². The van der Waals surface area contributed by atoms with Gasteiger partial charge in [-0.2, -0.15) is 5.10 Å². The highest BCUT2D eigenvalue weighted by Crippen LogP contribution is 2.30. The maximum absolute atomic E-state index is 12.6. The summed E-state index contributed by atoms with van der Waals surface area (Å²) in [4.78, 5) is 12.6. The molecule has 0 aliphatic heterocycles. The van der Waals surface area contributed by atoms with Crippen molar-refractivity contribution < 1.29 is 4.79 Å². The number of thioether (sulfide) groups is 1. The zero-order valence-corrected chi connectivity index (χ0v) is 23.1. The lowest BCUT2D eigenvalue weighted by molar-refractivity contribution is -0.118. The van der Waals surface area contributed by atoms with E-state index in [1.807, 2.05) is 66.1 Å². The molecule has 1 aromatic heterocycles. The molecule has 4 rings (SSSR count). The first kappa shape index (κ1) is 25.9. The van der Waals surface area contributed by atoms with E-state index >= 15 is 0 Å². The lowest BCUT2D eigenvalue weighted by Gasteiger charge is -2.19. The third kappa shape index (κ3) is 6.30. The standard InChI is InChI=1S/C28H28BrN5OS/c1-19(20-12-16-23(29)17-13-20)30-31-25(35)18-36-27-33-32-26(34(27)24-8-6-5-7-9-24)21-10-14-22(15-11-21)28(2,3)4/h5-17H,18H2,1-4H3,(H,31,35). The fourth-order valence-corrected chi connectivity index (χ4v) is 4.55. The maximum atomic E-state index is 12.6. The van der Waals surface area contributed by atoms with Crippen molar-refractivity contribution in [2.75, 3.05) is 5.75 Å². The molecule has 1 N–H and O–H groups in total. The molecule has 0 fully saturated rings. The van der Waals surface area contributed by atoms with Gasteiger partial charge < -0.3 is 0 Å². The van der Waals surface area contributed by atoms with Gasteiger partial charge in [-0.25, -0.2) is 5.43 Å². The summed E-state index contributed by atoms with van der Waals surface area (Å²) >= 11 is 4.75. The third-order valence-corrected chi connectivity index (χ3v) is 7.06. The molecule has 0 saturated carbocycles. The largest absolute Gasteiger partial charge is 0.272 e. The zero-order valence-electron chi connectivity index (χ0n) is 20.7. The van der Waals surface area contributed by atoms with E-state index in [0.29, 0.717) is 5.16 Å². The van der Waals surface area contributed by atoms with Crippen LogP contribution in [0.1, 0.15) is 38.8 Å². The maximum Gasteiger partial charge on any atom is 0.250 e. The molecule has 1 heterocycles. The minimum absolute atomic E-state index is 0.0677. The molecule has 8 heteroatoms. The van der Waals surface area contributed by atoms with Gasteiger partial charge in [0.25, 0.3) is 5.91 Å². The van der Waals surface area contributed by atoms with Gasteiger partial charge in [0.2, 0.25) is 0 Å². The Morgan fingerprint density at radius 2 is 1.64 bits per heavy atom. The van der Waals surface area contributed by atoms with Gasteiger partial charge in [0.1, 0.15) is 0 Å². The fourth-order valence-electron chi connectivity index (χ4n) is 3.54. The van der Waals surface area contributed by atoms with Gasteiger partial charge in [0.05, 0.1) is 11.5 Å². The van der Waals surface area contributed by atoms with Crippen LogP contribution in [0.4, 0.5) is 0 Å². The number of nitrogens with one attached hydrogen (secondary N) is 1. The van der Waals surface area contributed by atoms with Gasteiger partial charge in [-0.05, 0) is 47.7 Å². The Balaban J connectivity index is 1.53. The molecular weight excluding hydrogens is 534 g/mol. The van der Waals surface area contributed by atoms with Crippen LogP contribution in [-0.2, 0) is 10.2 Å². The highest BCUT2D eigenvalue weighted by Gasteiger charge is 2.19. The molecule has 4 aromatic rings. The number of hydrogen-bond acceptors (Lipinski definition) is 5. The molecule has 6 nitrogen and oxygen atoms in total. The fraction of sp³-hybridized carbons (Fsp3) is 0.214. The van der Waals surface area contributed by atoms with E-state index in [1.54, 1.807) is 0 Å². The van der Waals surface area contributed by atoms with E-state index in [9.17, 15) is 4.79 Å². The van der Waals surface area contributed by atoms with Crippen molar-refractivity contribution in [3.63, 3.8) is 0 Å². The number of rotatable bonds is 7. The molecule has 0 bridgehead atoms. The monoisotopic (exact) mass is 561 g/mol. The van der Waals surface area contributed by atoms with Crippen LogP contribution < -0.4 is 5.43 Å². The summed E-state index contributed by atoms with van der Waals surface area (Å²) < 4.78 is 2.98. The summed E-state index contributed by atoms with van der Waals surface area (Å²) in [6, 6.07) is 26.1. The minimum Gasteiger partial charge on any atom is -0.272 e. The topological polar surface area (TPSA) is 72.2 Å². The molecule has 184 valence electrons. The number of halogens is 1. The van der Waals surface area contributed by atoms with Crippen LogP contribution >= 0.6 is 27.7 Å². The van der Waals surface area contributed by atoms with Crippen molar-refractivity contribution >= 4 is 39.3 Å². The summed E-state index contributed by atoms with van der Waals surface area (Å²) in [5, 5.41) is 13.8. The SMILES string of the molecule is CC(=NNC(=O)CSc1nnc(-c2ccc(C(C)(C)C)cc2)n1-c1ccccc1)c1ccc(Br)cc1. The Morgan fingerprint density at radius 1 is 0.972 bits per heavy atom. The average Bonchev–Trinajstić information content (AvgIpc) is 3.30. The number of nitrogens with zero attached hydrogens (tertiary/aromatic N) is 4. The van der Waals surface area contributed by atoms with E-state index in [1.165, 1.54) is 17.3 Å². The molecule has 36 heavy (non-hydrogen) atoms. The quantitative estimate of drug-likeness (QED) is 0.156. The van der Waals surface area contributed by atoms with Gasteiger partial charge in [-0.1, -0.05) is 103 Å². The summed E-state index contributed by atoms with van der Waals surface area (Å²) in [7, 11) is 0. The van der Waals surface area contributed by atoms with E-state index in [-0.39, 0.29) is 17.1 Å². The Morgan fingerprint density at radius 3 is 2.28 bits per heavy atom. The van der Waals surface area contributed by atoms with Crippen molar-refractivity contribution in [1.29, 1.82) is 0 Å². The van der Waals surface area contributed by atoms with E-state index < -0.39 is 0 Å². The number of carbonyl (C=O) groups excluding carboxylic acids is 1. The van der Waals surface area contributed by atoms with E-state index in [4.69, 9.17) is 0 Å². The normalized spacial score (nSPS) is 12.0. The van der Waals surface area contributed by atoms with Gasteiger partial charge in [-0.3, -0.25) is 9.36 Å². The third-order valence-electron chi connectivity index (χ3n) is 5.60. The summed E-state index contributed by atoms with van der Waals surface area (Å²) in [5.74, 6) is 0.675. The van der Waals surface area contributed by atoms with Crippen molar-refractivity contribution in [2.45, 2.75) is 38.3 Å². The van der Waals surface area contributed by atoms with Crippen LogP contribution in [0, 0.1) is 0 Å². The van der Waals surface area contributed by atoms with Crippen LogP contribution in [0.2, 0.25) is 0 Å². The Bertz CT molecular complexity index is 1360. The minimum atomic E-state index is -0.213. The van der Waals surface area contributed by atoms with E-state index in [0.717, 1.165) is 32.8 Å².